The maximum absolute atomic E-state index is 8.63. The molecule has 0 saturated heterocycles. The Kier molecular flexibility index (Phi) is 0.785. The summed E-state index contributed by atoms with van der Waals surface area (Å²) in [6, 6.07) is 1.64. The Morgan fingerprint density at radius 3 is 2.57 bits per heavy atom. The average molecular weight is 97.1 g/mol. The molecular weight excluding hydrogens is 90.1 g/mol. The molecule has 0 aliphatic carbocycles. The summed E-state index contributed by atoms with van der Waals surface area (Å²) in [7, 11) is 1.86. The average Bonchev–Trinajstić information content (AvgIpc) is 1.87. The second kappa shape index (κ2) is 1.30. The van der Waals surface area contributed by atoms with E-state index in [9.17, 15) is 0 Å². The molecule has 1 heterocycles. The zero-order valence-corrected chi connectivity index (χ0v) is 4.13. The highest BCUT2D eigenvalue weighted by atomic mass is 16.3. The molecule has 1 rings (SSSR count). The van der Waals surface area contributed by atoms with Gasteiger partial charge in [0, 0.05) is 19.4 Å². The Balaban J connectivity index is 3.04. The summed E-state index contributed by atoms with van der Waals surface area (Å²) in [4.78, 5) is 0. The Morgan fingerprint density at radius 1 is 1.71 bits per heavy atom. The molecule has 1 aromatic rings. The van der Waals surface area contributed by atoms with Crippen LogP contribution < -0.4 is 0 Å². The monoisotopic (exact) mass is 97.1 g/mol. The van der Waals surface area contributed by atoms with E-state index in [0.717, 1.165) is 0 Å². The van der Waals surface area contributed by atoms with Crippen LogP contribution in [0.15, 0.2) is 18.5 Å². The van der Waals surface area contributed by atoms with Gasteiger partial charge in [0.25, 0.3) is 0 Å². The van der Waals surface area contributed by atoms with Crippen molar-refractivity contribution in [2.24, 2.45) is 7.05 Å². The predicted octanol–water partition coefficient (Wildman–Crippen LogP) is 0.731. The van der Waals surface area contributed by atoms with E-state index in [1.165, 1.54) is 0 Å². The lowest BCUT2D eigenvalue weighted by Gasteiger charge is -1.80. The second-order valence-corrected chi connectivity index (χ2v) is 1.54. The minimum absolute atomic E-state index is 0.322. The maximum Gasteiger partial charge on any atom is 0.133 e. The molecule has 0 saturated carbocycles. The van der Waals surface area contributed by atoms with E-state index in [1.807, 2.05) is 7.05 Å². The van der Waals surface area contributed by atoms with E-state index in [2.05, 4.69) is 0 Å². The van der Waals surface area contributed by atoms with Gasteiger partial charge in [0.05, 0.1) is 0 Å². The van der Waals surface area contributed by atoms with Gasteiger partial charge in [-0.05, 0) is 6.07 Å². The second-order valence-electron chi connectivity index (χ2n) is 1.54. The van der Waals surface area contributed by atoms with Gasteiger partial charge in [0.1, 0.15) is 5.75 Å². The van der Waals surface area contributed by atoms with Crippen molar-refractivity contribution in [1.82, 2.24) is 4.57 Å². The quantitative estimate of drug-likeness (QED) is 0.507. The fraction of sp³-hybridized carbons (Fsp3) is 0.200. The van der Waals surface area contributed by atoms with Crippen LogP contribution in [0.25, 0.3) is 0 Å². The van der Waals surface area contributed by atoms with E-state index in [1.54, 1.807) is 23.0 Å². The van der Waals surface area contributed by atoms with Crippen LogP contribution in [0.1, 0.15) is 0 Å². The van der Waals surface area contributed by atoms with Gasteiger partial charge in [-0.15, -0.1) is 0 Å². The molecule has 7 heavy (non-hydrogen) atoms. The molecule has 0 atom stereocenters. The molecular formula is C5H7NO. The van der Waals surface area contributed by atoms with Crippen LogP contribution in [0.5, 0.6) is 5.75 Å². The van der Waals surface area contributed by atoms with Crippen molar-refractivity contribution < 1.29 is 5.11 Å². The van der Waals surface area contributed by atoms with Crippen molar-refractivity contribution in [3.05, 3.63) is 18.5 Å². The zero-order chi connectivity index (χ0) is 5.28. The molecule has 0 fully saturated rings. The molecule has 0 amide bonds. The highest BCUT2D eigenvalue weighted by Crippen LogP contribution is 2.04. The van der Waals surface area contributed by atoms with Crippen LogP contribution in [0, 0.1) is 0 Å². The third-order valence-electron chi connectivity index (χ3n) is 0.816. The van der Waals surface area contributed by atoms with Crippen LogP contribution in [-0.4, -0.2) is 9.67 Å². The standard InChI is InChI=1S/C5H7NO/c1-6-3-2-5(7)4-6/h2-4,7H,1H3. The number of hydrogen-bond acceptors (Lipinski definition) is 1. The summed E-state index contributed by atoms with van der Waals surface area (Å²) in [5.41, 5.74) is 0. The van der Waals surface area contributed by atoms with Crippen LogP contribution in [0.2, 0.25) is 0 Å². The smallest absolute Gasteiger partial charge is 0.133 e. The first-order chi connectivity index (χ1) is 3.29. The summed E-state index contributed by atoms with van der Waals surface area (Å²) in [5.74, 6) is 0.322. The highest BCUT2D eigenvalue weighted by Gasteiger charge is 1.83. The summed E-state index contributed by atoms with van der Waals surface area (Å²) in [6.45, 7) is 0. The van der Waals surface area contributed by atoms with E-state index < -0.39 is 0 Å². The zero-order valence-electron chi connectivity index (χ0n) is 4.13. The summed E-state index contributed by atoms with van der Waals surface area (Å²) >= 11 is 0. The lowest BCUT2D eigenvalue weighted by atomic mass is 10.6. The number of nitrogens with zero attached hydrogens (tertiary/aromatic N) is 1. The number of rotatable bonds is 0. The van der Waals surface area contributed by atoms with Gasteiger partial charge in [-0.2, -0.15) is 0 Å². The van der Waals surface area contributed by atoms with E-state index in [-0.39, 0.29) is 0 Å². The molecule has 38 valence electrons. The fourth-order valence-corrected chi connectivity index (χ4v) is 0.489. The number of hydrogen-bond donors (Lipinski definition) is 1. The molecule has 1 aromatic heterocycles. The Bertz CT molecular complexity index is 140. The van der Waals surface area contributed by atoms with Gasteiger partial charge in [0.2, 0.25) is 0 Å². The lowest BCUT2D eigenvalue weighted by Crippen LogP contribution is -1.75. The summed E-state index contributed by atoms with van der Waals surface area (Å²) in [6.07, 6.45) is 3.43. The molecule has 0 spiro atoms. The number of aromatic hydroxyl groups is 1. The van der Waals surface area contributed by atoms with Crippen molar-refractivity contribution in [2.45, 2.75) is 0 Å². The predicted molar refractivity (Wildman–Crippen MR) is 27.1 cm³/mol. The molecule has 0 unspecified atom stereocenters. The van der Waals surface area contributed by atoms with Crippen molar-refractivity contribution in [2.75, 3.05) is 0 Å². The Morgan fingerprint density at radius 2 is 2.43 bits per heavy atom. The molecule has 0 bridgehead atoms. The van der Waals surface area contributed by atoms with Gasteiger partial charge < -0.3 is 9.67 Å². The van der Waals surface area contributed by atoms with Gasteiger partial charge >= 0.3 is 0 Å². The minimum atomic E-state index is 0.322. The molecule has 0 aromatic carbocycles. The molecule has 2 heteroatoms. The molecule has 2 nitrogen and oxygen atoms in total. The molecule has 0 aliphatic rings. The van der Waals surface area contributed by atoms with Crippen molar-refractivity contribution in [3.8, 4) is 5.75 Å². The highest BCUT2D eigenvalue weighted by molar-refractivity contribution is 5.14. The maximum atomic E-state index is 8.63. The van der Waals surface area contributed by atoms with Crippen LogP contribution in [0.4, 0.5) is 0 Å². The van der Waals surface area contributed by atoms with Crippen LogP contribution in [-0.2, 0) is 7.05 Å². The molecule has 1 N–H and O–H groups in total. The van der Waals surface area contributed by atoms with Gasteiger partial charge in [-0.25, -0.2) is 0 Å². The normalized spacial score (nSPS) is 9.29. The van der Waals surface area contributed by atoms with Gasteiger partial charge in [-0.1, -0.05) is 0 Å². The van der Waals surface area contributed by atoms with Crippen molar-refractivity contribution >= 4 is 0 Å². The largest absolute Gasteiger partial charge is 0.506 e. The van der Waals surface area contributed by atoms with E-state index >= 15 is 0 Å². The van der Waals surface area contributed by atoms with Gasteiger partial charge in [0.15, 0.2) is 0 Å². The van der Waals surface area contributed by atoms with E-state index in [0.29, 0.717) is 5.75 Å². The third kappa shape index (κ3) is 0.738. The van der Waals surface area contributed by atoms with Crippen molar-refractivity contribution in [1.29, 1.82) is 0 Å². The molecule has 0 radical (unpaired) electrons. The minimum Gasteiger partial charge on any atom is -0.506 e. The first kappa shape index (κ1) is 4.24. The van der Waals surface area contributed by atoms with Crippen LogP contribution in [0.3, 0.4) is 0 Å². The van der Waals surface area contributed by atoms with Crippen molar-refractivity contribution in [3.63, 3.8) is 0 Å². The van der Waals surface area contributed by atoms with Gasteiger partial charge in [-0.3, -0.25) is 0 Å². The SMILES string of the molecule is Cn1ccc(O)c1. The Labute approximate surface area is 42.0 Å². The van der Waals surface area contributed by atoms with E-state index in [4.69, 9.17) is 5.11 Å². The summed E-state index contributed by atoms with van der Waals surface area (Å²) in [5, 5.41) is 8.63. The fourth-order valence-electron chi connectivity index (χ4n) is 0.489. The lowest BCUT2D eigenvalue weighted by molar-refractivity contribution is 0.474. The van der Waals surface area contributed by atoms with Crippen LogP contribution >= 0.6 is 0 Å². The Hall–Kier alpha value is -0.920. The molecule has 0 aliphatic heterocycles. The third-order valence-corrected chi connectivity index (χ3v) is 0.816. The number of aryl methyl sites for hydroxylation is 1. The summed E-state index contributed by atoms with van der Waals surface area (Å²) < 4.78 is 1.79. The number of aromatic nitrogens is 1. The first-order valence-corrected chi connectivity index (χ1v) is 2.10. The first-order valence-electron chi connectivity index (χ1n) is 2.10. The topological polar surface area (TPSA) is 25.2 Å².